The van der Waals surface area contributed by atoms with E-state index in [0.717, 1.165) is 16.5 Å². The van der Waals surface area contributed by atoms with Crippen LogP contribution < -0.4 is 10.6 Å². The first kappa shape index (κ1) is 10.8. The molecule has 1 unspecified atom stereocenters. The minimum Gasteiger partial charge on any atom is -0.464 e. The molecule has 1 atom stereocenters. The van der Waals surface area contributed by atoms with Crippen LogP contribution in [0.15, 0.2) is 34.9 Å². The third kappa shape index (κ3) is 1.48. The van der Waals surface area contributed by atoms with Gasteiger partial charge in [0.2, 0.25) is 0 Å². The molecule has 1 aliphatic rings. The first-order valence-electron chi connectivity index (χ1n) is 5.67. The summed E-state index contributed by atoms with van der Waals surface area (Å²) in [5.74, 6) is -1.21. The van der Waals surface area contributed by atoms with E-state index < -0.39 is 17.4 Å². The lowest BCUT2D eigenvalue weighted by atomic mass is 9.90. The molecular weight excluding hydrogens is 232 g/mol. The smallest absolute Gasteiger partial charge is 0.310 e. The van der Waals surface area contributed by atoms with Crippen LogP contribution in [-0.4, -0.2) is 18.4 Å². The number of furan rings is 1. The second kappa shape index (κ2) is 3.60. The van der Waals surface area contributed by atoms with Crippen LogP contribution in [0.1, 0.15) is 12.5 Å². The molecule has 2 N–H and O–H groups in total. The summed E-state index contributed by atoms with van der Waals surface area (Å²) in [4.78, 5) is 22.7. The topological polar surface area (TPSA) is 71.3 Å². The summed E-state index contributed by atoms with van der Waals surface area (Å²) < 4.78 is 5.47. The van der Waals surface area contributed by atoms with Gasteiger partial charge in [0.1, 0.15) is 5.58 Å². The standard InChI is InChI=1S/C13H12N2O3/c1-13(7-14-11(16)12(17)15-13)9-6-18-10-5-3-2-4-8(9)10/h2-6H,7H2,1H3,(H,14,16)(H,15,17). The Morgan fingerprint density at radius 3 is 2.78 bits per heavy atom. The van der Waals surface area contributed by atoms with E-state index in [1.54, 1.807) is 6.26 Å². The Labute approximate surface area is 103 Å². The van der Waals surface area contributed by atoms with Crippen LogP contribution in [-0.2, 0) is 15.1 Å². The number of rotatable bonds is 1. The molecule has 0 aliphatic carbocycles. The number of carbonyl (C=O) groups excluding carboxylic acids is 2. The zero-order valence-corrected chi connectivity index (χ0v) is 9.82. The Balaban J connectivity index is 2.09. The van der Waals surface area contributed by atoms with Gasteiger partial charge in [-0.3, -0.25) is 9.59 Å². The summed E-state index contributed by atoms with van der Waals surface area (Å²) in [6.45, 7) is 2.21. The van der Waals surface area contributed by atoms with Gasteiger partial charge in [0.25, 0.3) is 0 Å². The predicted molar refractivity (Wildman–Crippen MR) is 64.7 cm³/mol. The van der Waals surface area contributed by atoms with E-state index in [1.807, 2.05) is 31.2 Å². The number of benzene rings is 1. The molecule has 1 aromatic carbocycles. The van der Waals surface area contributed by atoms with Crippen LogP contribution in [0.3, 0.4) is 0 Å². The normalized spacial score (nSPS) is 23.8. The maximum absolute atomic E-state index is 11.5. The van der Waals surface area contributed by atoms with Crippen LogP contribution in [0.25, 0.3) is 11.0 Å². The predicted octanol–water partition coefficient (Wildman–Crippen LogP) is 0.894. The van der Waals surface area contributed by atoms with Gasteiger partial charge in [0, 0.05) is 17.5 Å². The van der Waals surface area contributed by atoms with Crippen LogP contribution in [0.5, 0.6) is 0 Å². The number of carbonyl (C=O) groups is 2. The molecule has 1 aliphatic heterocycles. The molecule has 5 nitrogen and oxygen atoms in total. The van der Waals surface area contributed by atoms with Crippen molar-refractivity contribution in [2.24, 2.45) is 0 Å². The lowest BCUT2D eigenvalue weighted by Gasteiger charge is -2.33. The summed E-state index contributed by atoms with van der Waals surface area (Å²) in [6, 6.07) is 7.60. The van der Waals surface area contributed by atoms with Gasteiger partial charge >= 0.3 is 11.8 Å². The van der Waals surface area contributed by atoms with Gasteiger partial charge in [0.15, 0.2) is 0 Å². The van der Waals surface area contributed by atoms with E-state index in [2.05, 4.69) is 10.6 Å². The molecule has 1 aromatic heterocycles. The highest BCUT2D eigenvalue weighted by Gasteiger charge is 2.38. The number of piperazine rings is 1. The van der Waals surface area contributed by atoms with Crippen molar-refractivity contribution in [2.75, 3.05) is 6.54 Å². The maximum atomic E-state index is 11.5. The highest BCUT2D eigenvalue weighted by atomic mass is 16.3. The molecule has 2 amide bonds. The summed E-state index contributed by atoms with van der Waals surface area (Å²) in [6.07, 6.45) is 1.63. The number of fused-ring (bicyclic) bond motifs is 1. The molecule has 0 spiro atoms. The maximum Gasteiger partial charge on any atom is 0.310 e. The van der Waals surface area contributed by atoms with Crippen LogP contribution in [0.2, 0.25) is 0 Å². The van der Waals surface area contributed by atoms with Crippen molar-refractivity contribution in [3.05, 3.63) is 36.1 Å². The molecule has 1 saturated heterocycles. The van der Waals surface area contributed by atoms with Gasteiger partial charge in [-0.05, 0) is 13.0 Å². The summed E-state index contributed by atoms with van der Waals surface area (Å²) >= 11 is 0. The Morgan fingerprint density at radius 1 is 1.22 bits per heavy atom. The third-order valence-electron chi connectivity index (χ3n) is 3.27. The fourth-order valence-electron chi connectivity index (χ4n) is 2.26. The van der Waals surface area contributed by atoms with Crippen molar-refractivity contribution < 1.29 is 14.0 Å². The molecular formula is C13H12N2O3. The first-order valence-corrected chi connectivity index (χ1v) is 5.67. The first-order chi connectivity index (χ1) is 8.60. The molecule has 0 bridgehead atoms. The van der Waals surface area contributed by atoms with Crippen molar-refractivity contribution >= 4 is 22.8 Å². The third-order valence-corrected chi connectivity index (χ3v) is 3.27. The number of hydrogen-bond acceptors (Lipinski definition) is 3. The molecule has 1 fully saturated rings. The van der Waals surface area contributed by atoms with Gasteiger partial charge in [-0.15, -0.1) is 0 Å². The van der Waals surface area contributed by atoms with Crippen molar-refractivity contribution in [3.8, 4) is 0 Å². The molecule has 3 rings (SSSR count). The van der Waals surface area contributed by atoms with Crippen LogP contribution in [0, 0.1) is 0 Å². The second-order valence-electron chi connectivity index (χ2n) is 4.61. The van der Waals surface area contributed by atoms with E-state index in [-0.39, 0.29) is 0 Å². The molecule has 0 radical (unpaired) electrons. The van der Waals surface area contributed by atoms with Gasteiger partial charge in [-0.25, -0.2) is 0 Å². The number of amides is 2. The molecule has 2 heterocycles. The minimum atomic E-state index is -0.641. The van der Waals surface area contributed by atoms with E-state index in [0.29, 0.717) is 6.54 Å². The molecule has 2 aromatic rings. The summed E-state index contributed by atoms with van der Waals surface area (Å²) in [7, 11) is 0. The van der Waals surface area contributed by atoms with Gasteiger partial charge in [-0.1, -0.05) is 18.2 Å². The van der Waals surface area contributed by atoms with Gasteiger partial charge in [-0.2, -0.15) is 0 Å². The van der Waals surface area contributed by atoms with Gasteiger partial charge in [0.05, 0.1) is 11.8 Å². The fourth-order valence-corrected chi connectivity index (χ4v) is 2.26. The van der Waals surface area contributed by atoms with Crippen molar-refractivity contribution in [2.45, 2.75) is 12.5 Å². The fraction of sp³-hybridized carbons (Fsp3) is 0.231. The molecule has 18 heavy (non-hydrogen) atoms. The van der Waals surface area contributed by atoms with Crippen molar-refractivity contribution in [1.82, 2.24) is 10.6 Å². The van der Waals surface area contributed by atoms with E-state index in [4.69, 9.17) is 4.42 Å². The average Bonchev–Trinajstić information content (AvgIpc) is 2.79. The van der Waals surface area contributed by atoms with Gasteiger partial charge < -0.3 is 15.1 Å². The monoisotopic (exact) mass is 244 g/mol. The molecule has 5 heteroatoms. The Morgan fingerprint density at radius 2 is 2.00 bits per heavy atom. The Bertz CT molecular complexity index is 646. The number of hydrogen-bond donors (Lipinski definition) is 2. The quantitative estimate of drug-likeness (QED) is 0.732. The van der Waals surface area contributed by atoms with Crippen LogP contribution in [0.4, 0.5) is 0 Å². The number of nitrogens with one attached hydrogen (secondary N) is 2. The SMILES string of the molecule is CC1(c2coc3ccccc23)CNC(=O)C(=O)N1. The second-order valence-corrected chi connectivity index (χ2v) is 4.61. The molecule has 92 valence electrons. The highest BCUT2D eigenvalue weighted by Crippen LogP contribution is 2.30. The van der Waals surface area contributed by atoms with E-state index >= 15 is 0 Å². The summed E-state index contributed by atoms with van der Waals surface area (Å²) in [5, 5.41) is 6.25. The highest BCUT2D eigenvalue weighted by molar-refractivity contribution is 6.35. The zero-order chi connectivity index (χ0) is 12.8. The lowest BCUT2D eigenvalue weighted by Crippen LogP contribution is -2.60. The largest absolute Gasteiger partial charge is 0.464 e. The Hall–Kier alpha value is -2.30. The van der Waals surface area contributed by atoms with Crippen LogP contribution >= 0.6 is 0 Å². The Kier molecular flexibility index (Phi) is 2.16. The average molecular weight is 244 g/mol. The van der Waals surface area contributed by atoms with E-state index in [1.165, 1.54) is 0 Å². The van der Waals surface area contributed by atoms with E-state index in [9.17, 15) is 9.59 Å². The number of para-hydroxylation sites is 1. The minimum absolute atomic E-state index is 0.348. The zero-order valence-electron chi connectivity index (χ0n) is 9.82. The van der Waals surface area contributed by atoms with Crippen molar-refractivity contribution in [3.63, 3.8) is 0 Å². The lowest BCUT2D eigenvalue weighted by molar-refractivity contribution is -0.142. The molecule has 0 saturated carbocycles. The van der Waals surface area contributed by atoms with Crippen molar-refractivity contribution in [1.29, 1.82) is 0 Å². The summed E-state index contributed by atoms with van der Waals surface area (Å²) in [5.41, 5.74) is 0.990.